The molecule has 0 aliphatic heterocycles. The van der Waals surface area contributed by atoms with Crippen LogP contribution < -0.4 is 4.74 Å². The second-order valence-corrected chi connectivity index (χ2v) is 4.81. The lowest BCUT2D eigenvalue weighted by Crippen LogP contribution is -2.25. The fourth-order valence-corrected chi connectivity index (χ4v) is 1.11. The highest BCUT2D eigenvalue weighted by Gasteiger charge is 2.24. The van der Waals surface area contributed by atoms with Gasteiger partial charge in [0.05, 0.1) is 12.5 Å². The second kappa shape index (κ2) is 5.08. The van der Waals surface area contributed by atoms with Crippen molar-refractivity contribution in [3.8, 4) is 11.5 Å². The number of methoxy groups -OCH3 is 1. The molecule has 5 nitrogen and oxygen atoms in total. The van der Waals surface area contributed by atoms with E-state index in [1.54, 1.807) is 20.8 Å². The number of ether oxygens (including phenoxy) is 2. The van der Waals surface area contributed by atoms with Crippen LogP contribution in [0.5, 0.6) is 11.5 Å². The molecule has 0 aromatic heterocycles. The third-order valence-corrected chi connectivity index (χ3v) is 2.20. The first-order valence-corrected chi connectivity index (χ1v) is 5.39. The maximum absolute atomic E-state index is 11.7. The monoisotopic (exact) mass is 252 g/mol. The Balaban J connectivity index is 2.99. The minimum absolute atomic E-state index is 0.0447. The summed E-state index contributed by atoms with van der Waals surface area (Å²) in [6, 6.07) is 3.95. The van der Waals surface area contributed by atoms with Crippen LogP contribution in [-0.2, 0) is 9.53 Å². The standard InChI is InChI=1S/C13H16O5/c1-13(2,3)12(16)18-8-5-6-10(14)9(7-8)11(15)17-4/h5-7,14H,1-4H3. The summed E-state index contributed by atoms with van der Waals surface area (Å²) in [7, 11) is 1.20. The minimum Gasteiger partial charge on any atom is -0.507 e. The SMILES string of the molecule is COC(=O)c1cc(OC(=O)C(C)(C)C)ccc1O. The highest BCUT2D eigenvalue weighted by atomic mass is 16.5. The van der Waals surface area contributed by atoms with Gasteiger partial charge in [-0.25, -0.2) is 4.79 Å². The van der Waals surface area contributed by atoms with Gasteiger partial charge in [0.1, 0.15) is 17.1 Å². The molecule has 5 heteroatoms. The molecule has 98 valence electrons. The van der Waals surface area contributed by atoms with Gasteiger partial charge in [-0.15, -0.1) is 0 Å². The van der Waals surface area contributed by atoms with E-state index < -0.39 is 17.4 Å². The summed E-state index contributed by atoms with van der Waals surface area (Å²) >= 11 is 0. The fourth-order valence-electron chi connectivity index (χ4n) is 1.11. The Kier molecular flexibility index (Phi) is 3.96. The molecular weight excluding hydrogens is 236 g/mol. The molecule has 0 unspecified atom stereocenters. The smallest absolute Gasteiger partial charge is 0.341 e. The van der Waals surface area contributed by atoms with Crippen molar-refractivity contribution >= 4 is 11.9 Å². The van der Waals surface area contributed by atoms with Crippen molar-refractivity contribution in [3.05, 3.63) is 23.8 Å². The van der Waals surface area contributed by atoms with Crippen molar-refractivity contribution in [1.82, 2.24) is 0 Å². The van der Waals surface area contributed by atoms with E-state index in [0.29, 0.717) is 0 Å². The molecule has 0 heterocycles. The number of hydrogen-bond donors (Lipinski definition) is 1. The maximum Gasteiger partial charge on any atom is 0.341 e. The van der Waals surface area contributed by atoms with Crippen molar-refractivity contribution < 1.29 is 24.2 Å². The second-order valence-electron chi connectivity index (χ2n) is 4.81. The summed E-state index contributed by atoms with van der Waals surface area (Å²) in [5, 5.41) is 9.49. The van der Waals surface area contributed by atoms with Crippen LogP contribution in [0.3, 0.4) is 0 Å². The first-order chi connectivity index (χ1) is 8.25. The molecule has 1 N–H and O–H groups in total. The van der Waals surface area contributed by atoms with Gasteiger partial charge < -0.3 is 14.6 Å². The average molecular weight is 252 g/mol. The highest BCUT2D eigenvalue weighted by molar-refractivity contribution is 5.93. The summed E-state index contributed by atoms with van der Waals surface area (Å²) in [4.78, 5) is 23.0. The number of rotatable bonds is 2. The molecule has 1 aromatic rings. The Hall–Kier alpha value is -2.04. The number of esters is 2. The number of hydrogen-bond acceptors (Lipinski definition) is 5. The van der Waals surface area contributed by atoms with Gasteiger partial charge in [-0.1, -0.05) is 0 Å². The van der Waals surface area contributed by atoms with E-state index in [1.807, 2.05) is 0 Å². The van der Waals surface area contributed by atoms with Crippen molar-refractivity contribution in [1.29, 1.82) is 0 Å². The molecule has 0 bridgehead atoms. The summed E-state index contributed by atoms with van der Waals surface area (Å²) < 4.78 is 9.62. The van der Waals surface area contributed by atoms with Crippen LogP contribution in [0.15, 0.2) is 18.2 Å². The van der Waals surface area contributed by atoms with Crippen LogP contribution in [-0.4, -0.2) is 24.2 Å². The van der Waals surface area contributed by atoms with Crippen LogP contribution >= 0.6 is 0 Å². The Morgan fingerprint density at radius 2 is 1.83 bits per heavy atom. The summed E-state index contributed by atoms with van der Waals surface area (Å²) in [6.07, 6.45) is 0. The van der Waals surface area contributed by atoms with E-state index in [1.165, 1.54) is 25.3 Å². The largest absolute Gasteiger partial charge is 0.507 e. The topological polar surface area (TPSA) is 72.8 Å². The van der Waals surface area contributed by atoms with Crippen molar-refractivity contribution in [2.45, 2.75) is 20.8 Å². The van der Waals surface area contributed by atoms with Gasteiger partial charge in [0.15, 0.2) is 0 Å². The first-order valence-electron chi connectivity index (χ1n) is 5.39. The summed E-state index contributed by atoms with van der Waals surface area (Å²) in [5.41, 5.74) is -0.694. The Morgan fingerprint density at radius 1 is 1.22 bits per heavy atom. The molecule has 0 saturated heterocycles. The predicted octanol–water partition coefficient (Wildman–Crippen LogP) is 2.13. The molecule has 0 aliphatic rings. The van der Waals surface area contributed by atoms with Crippen LogP contribution in [0.1, 0.15) is 31.1 Å². The maximum atomic E-state index is 11.7. The van der Waals surface area contributed by atoms with E-state index >= 15 is 0 Å². The Bertz CT molecular complexity index is 471. The van der Waals surface area contributed by atoms with E-state index in [9.17, 15) is 14.7 Å². The zero-order valence-corrected chi connectivity index (χ0v) is 10.8. The van der Waals surface area contributed by atoms with Gasteiger partial charge in [-0.2, -0.15) is 0 Å². The fraction of sp³-hybridized carbons (Fsp3) is 0.385. The minimum atomic E-state index is -0.693. The average Bonchev–Trinajstić information content (AvgIpc) is 2.29. The van der Waals surface area contributed by atoms with E-state index in [0.717, 1.165) is 0 Å². The Morgan fingerprint density at radius 3 is 2.33 bits per heavy atom. The van der Waals surface area contributed by atoms with Gasteiger partial charge in [-0.3, -0.25) is 4.79 Å². The number of carbonyl (C=O) groups excluding carboxylic acids is 2. The first kappa shape index (κ1) is 14.0. The third kappa shape index (κ3) is 3.23. The number of benzene rings is 1. The quantitative estimate of drug-likeness (QED) is 0.644. The van der Waals surface area contributed by atoms with Crippen molar-refractivity contribution in [2.24, 2.45) is 5.41 Å². The number of phenolic OH excluding ortho intramolecular Hbond substituents is 1. The zero-order chi connectivity index (χ0) is 13.9. The molecule has 1 aromatic carbocycles. The number of phenols is 1. The van der Waals surface area contributed by atoms with Crippen LogP contribution in [0.2, 0.25) is 0 Å². The van der Waals surface area contributed by atoms with E-state index in [2.05, 4.69) is 4.74 Å². The number of carbonyl (C=O) groups is 2. The zero-order valence-electron chi connectivity index (χ0n) is 10.8. The molecule has 0 amide bonds. The molecule has 0 saturated carbocycles. The van der Waals surface area contributed by atoms with Crippen molar-refractivity contribution in [2.75, 3.05) is 7.11 Å². The predicted molar refractivity (Wildman–Crippen MR) is 64.5 cm³/mol. The summed E-state index contributed by atoms with van der Waals surface area (Å²) in [5.74, 6) is -1.16. The van der Waals surface area contributed by atoms with Gasteiger partial charge in [-0.05, 0) is 39.0 Å². The van der Waals surface area contributed by atoms with Gasteiger partial charge in [0.25, 0.3) is 0 Å². The number of aromatic hydroxyl groups is 1. The van der Waals surface area contributed by atoms with E-state index in [4.69, 9.17) is 4.74 Å². The highest BCUT2D eigenvalue weighted by Crippen LogP contribution is 2.25. The molecule has 0 atom stereocenters. The lowest BCUT2D eigenvalue weighted by Gasteiger charge is -2.16. The van der Waals surface area contributed by atoms with Crippen molar-refractivity contribution in [3.63, 3.8) is 0 Å². The van der Waals surface area contributed by atoms with Crippen LogP contribution in [0.25, 0.3) is 0 Å². The van der Waals surface area contributed by atoms with Gasteiger partial charge in [0.2, 0.25) is 0 Å². The summed E-state index contributed by atoms with van der Waals surface area (Å²) in [6.45, 7) is 5.16. The lowest BCUT2D eigenvalue weighted by molar-refractivity contribution is -0.143. The lowest BCUT2D eigenvalue weighted by atomic mass is 9.97. The molecule has 0 aliphatic carbocycles. The van der Waals surface area contributed by atoms with Gasteiger partial charge >= 0.3 is 11.9 Å². The Labute approximate surface area is 105 Å². The van der Waals surface area contributed by atoms with Crippen LogP contribution in [0, 0.1) is 5.41 Å². The third-order valence-electron chi connectivity index (χ3n) is 2.20. The normalized spacial score (nSPS) is 10.9. The molecule has 18 heavy (non-hydrogen) atoms. The van der Waals surface area contributed by atoms with Gasteiger partial charge in [0, 0.05) is 0 Å². The molecule has 0 radical (unpaired) electrons. The van der Waals surface area contributed by atoms with E-state index in [-0.39, 0.29) is 17.1 Å². The molecule has 0 fully saturated rings. The molecular formula is C13H16O5. The molecule has 1 rings (SSSR count). The van der Waals surface area contributed by atoms with Crippen LogP contribution in [0.4, 0.5) is 0 Å². The molecule has 0 spiro atoms.